The summed E-state index contributed by atoms with van der Waals surface area (Å²) in [6, 6.07) is 3.73. The molecule has 0 bridgehead atoms. The summed E-state index contributed by atoms with van der Waals surface area (Å²) < 4.78 is 0. The Labute approximate surface area is 77.8 Å². The van der Waals surface area contributed by atoms with Crippen LogP contribution in [0, 0.1) is 5.92 Å². The monoisotopic (exact) mass is 184 g/mol. The number of pyridine rings is 1. The second-order valence-electron chi connectivity index (χ2n) is 3.18. The summed E-state index contributed by atoms with van der Waals surface area (Å²) in [6.45, 7) is 4.17. The molecular weight excluding hydrogens is 172 g/mol. The van der Waals surface area contributed by atoms with Gasteiger partial charge in [0.25, 0.3) is 0 Å². The van der Waals surface area contributed by atoms with Crippen LogP contribution in [0.2, 0.25) is 5.15 Å². The molecule has 0 aliphatic heterocycles. The van der Waals surface area contributed by atoms with Crippen LogP contribution in [0.25, 0.3) is 0 Å². The van der Waals surface area contributed by atoms with Crippen LogP contribution in [-0.4, -0.2) is 4.98 Å². The lowest BCUT2D eigenvalue weighted by molar-refractivity contribution is 0.513. The van der Waals surface area contributed by atoms with Crippen LogP contribution in [0.5, 0.6) is 0 Å². The molecule has 0 spiro atoms. The van der Waals surface area contributed by atoms with Gasteiger partial charge >= 0.3 is 0 Å². The summed E-state index contributed by atoms with van der Waals surface area (Å²) in [5, 5.41) is 0.509. The Morgan fingerprint density at radius 2 is 2.08 bits per heavy atom. The molecule has 1 rings (SSSR count). The third kappa shape index (κ3) is 2.19. The van der Waals surface area contributed by atoms with Crippen LogP contribution in [0.3, 0.4) is 0 Å². The zero-order valence-electron chi connectivity index (χ0n) is 7.29. The SMILES string of the molecule is CC(C)[C@@H](N)c1ccc(Cl)nc1. The predicted molar refractivity (Wildman–Crippen MR) is 51.0 cm³/mol. The summed E-state index contributed by atoms with van der Waals surface area (Å²) in [7, 11) is 0. The fraction of sp³-hybridized carbons (Fsp3) is 0.444. The van der Waals surface area contributed by atoms with Crippen LogP contribution in [0.1, 0.15) is 25.5 Å². The van der Waals surface area contributed by atoms with E-state index in [0.29, 0.717) is 11.1 Å². The standard InChI is InChI=1S/C9H13ClN2/c1-6(2)9(11)7-3-4-8(10)12-5-7/h3-6,9H,11H2,1-2H3/t9-/m1/s1. The van der Waals surface area contributed by atoms with Crippen molar-refractivity contribution in [1.82, 2.24) is 4.98 Å². The smallest absolute Gasteiger partial charge is 0.129 e. The lowest BCUT2D eigenvalue weighted by Gasteiger charge is -2.14. The van der Waals surface area contributed by atoms with Crippen LogP contribution >= 0.6 is 11.6 Å². The summed E-state index contributed by atoms with van der Waals surface area (Å²) in [5.74, 6) is 0.424. The molecule has 1 atom stereocenters. The number of aromatic nitrogens is 1. The van der Waals surface area contributed by atoms with E-state index in [1.165, 1.54) is 0 Å². The maximum atomic E-state index is 5.90. The van der Waals surface area contributed by atoms with E-state index in [1.54, 1.807) is 12.3 Å². The summed E-state index contributed by atoms with van der Waals surface area (Å²) >= 11 is 5.64. The molecule has 12 heavy (non-hydrogen) atoms. The van der Waals surface area contributed by atoms with E-state index in [2.05, 4.69) is 18.8 Å². The number of nitrogens with two attached hydrogens (primary N) is 1. The van der Waals surface area contributed by atoms with Crippen molar-refractivity contribution >= 4 is 11.6 Å². The van der Waals surface area contributed by atoms with Crippen molar-refractivity contribution in [3.8, 4) is 0 Å². The van der Waals surface area contributed by atoms with E-state index in [1.807, 2.05) is 6.07 Å². The summed E-state index contributed by atoms with van der Waals surface area (Å²) in [4.78, 5) is 3.97. The molecule has 0 aliphatic rings. The van der Waals surface area contributed by atoms with Gasteiger partial charge in [-0.3, -0.25) is 0 Å². The van der Waals surface area contributed by atoms with Gasteiger partial charge in [-0.2, -0.15) is 0 Å². The van der Waals surface area contributed by atoms with E-state index in [9.17, 15) is 0 Å². The molecule has 0 amide bonds. The third-order valence-corrected chi connectivity index (χ3v) is 2.08. The number of rotatable bonds is 2. The first-order valence-corrected chi connectivity index (χ1v) is 4.36. The second-order valence-corrected chi connectivity index (χ2v) is 3.57. The summed E-state index contributed by atoms with van der Waals surface area (Å²) in [5.41, 5.74) is 6.94. The Bertz CT molecular complexity index is 243. The minimum atomic E-state index is 0.0507. The molecule has 0 radical (unpaired) electrons. The lowest BCUT2D eigenvalue weighted by atomic mass is 9.99. The largest absolute Gasteiger partial charge is 0.324 e. The van der Waals surface area contributed by atoms with Gasteiger partial charge in [-0.15, -0.1) is 0 Å². The molecule has 0 aromatic carbocycles. The van der Waals surface area contributed by atoms with Crippen molar-refractivity contribution in [2.24, 2.45) is 11.7 Å². The van der Waals surface area contributed by atoms with Gasteiger partial charge in [0.15, 0.2) is 0 Å². The Balaban J connectivity index is 2.82. The first-order chi connectivity index (χ1) is 5.61. The highest BCUT2D eigenvalue weighted by Crippen LogP contribution is 2.18. The predicted octanol–water partition coefficient (Wildman–Crippen LogP) is 2.39. The van der Waals surface area contributed by atoms with E-state index in [4.69, 9.17) is 17.3 Å². The van der Waals surface area contributed by atoms with E-state index < -0.39 is 0 Å². The number of hydrogen-bond acceptors (Lipinski definition) is 2. The first-order valence-electron chi connectivity index (χ1n) is 3.98. The lowest BCUT2D eigenvalue weighted by Crippen LogP contribution is -2.16. The highest BCUT2D eigenvalue weighted by molar-refractivity contribution is 6.29. The van der Waals surface area contributed by atoms with E-state index >= 15 is 0 Å². The highest BCUT2D eigenvalue weighted by Gasteiger charge is 2.09. The average Bonchev–Trinajstić information content (AvgIpc) is 2.04. The molecule has 0 aliphatic carbocycles. The molecule has 3 heteroatoms. The molecule has 0 saturated heterocycles. The molecule has 0 fully saturated rings. The second kappa shape index (κ2) is 3.87. The van der Waals surface area contributed by atoms with Gasteiger partial charge in [0.1, 0.15) is 5.15 Å². The van der Waals surface area contributed by atoms with Gasteiger partial charge in [0.05, 0.1) is 0 Å². The Morgan fingerprint density at radius 3 is 2.50 bits per heavy atom. The molecule has 2 N–H and O–H groups in total. The van der Waals surface area contributed by atoms with Crippen molar-refractivity contribution in [1.29, 1.82) is 0 Å². The molecule has 1 aromatic heterocycles. The van der Waals surface area contributed by atoms with Gasteiger partial charge in [0.2, 0.25) is 0 Å². The van der Waals surface area contributed by atoms with Gasteiger partial charge in [0, 0.05) is 12.2 Å². The van der Waals surface area contributed by atoms with Crippen molar-refractivity contribution in [3.63, 3.8) is 0 Å². The number of nitrogens with zero attached hydrogens (tertiary/aromatic N) is 1. The quantitative estimate of drug-likeness (QED) is 0.717. The van der Waals surface area contributed by atoms with Crippen LogP contribution in [0.4, 0.5) is 0 Å². The number of halogens is 1. The van der Waals surface area contributed by atoms with Gasteiger partial charge in [-0.05, 0) is 17.5 Å². The van der Waals surface area contributed by atoms with Gasteiger partial charge in [-0.25, -0.2) is 4.98 Å². The Hall–Kier alpha value is -0.600. The van der Waals surface area contributed by atoms with Crippen molar-refractivity contribution in [2.45, 2.75) is 19.9 Å². The first kappa shape index (κ1) is 9.49. The van der Waals surface area contributed by atoms with Crippen molar-refractivity contribution < 1.29 is 0 Å². The Morgan fingerprint density at radius 1 is 1.42 bits per heavy atom. The van der Waals surface area contributed by atoms with Crippen molar-refractivity contribution in [3.05, 3.63) is 29.0 Å². The molecule has 0 unspecified atom stereocenters. The normalized spacial score (nSPS) is 13.4. The van der Waals surface area contributed by atoms with Gasteiger partial charge in [-0.1, -0.05) is 31.5 Å². The molecular formula is C9H13ClN2. The van der Waals surface area contributed by atoms with E-state index in [0.717, 1.165) is 5.56 Å². The number of hydrogen-bond donors (Lipinski definition) is 1. The summed E-state index contributed by atoms with van der Waals surface area (Å²) in [6.07, 6.45) is 1.73. The molecule has 66 valence electrons. The average molecular weight is 185 g/mol. The van der Waals surface area contributed by atoms with Crippen LogP contribution < -0.4 is 5.73 Å². The molecule has 1 aromatic rings. The maximum Gasteiger partial charge on any atom is 0.129 e. The van der Waals surface area contributed by atoms with E-state index in [-0.39, 0.29) is 6.04 Å². The van der Waals surface area contributed by atoms with Gasteiger partial charge < -0.3 is 5.73 Å². The Kier molecular flexibility index (Phi) is 3.06. The molecule has 2 nitrogen and oxygen atoms in total. The zero-order chi connectivity index (χ0) is 9.14. The van der Waals surface area contributed by atoms with Crippen molar-refractivity contribution in [2.75, 3.05) is 0 Å². The van der Waals surface area contributed by atoms with Crippen LogP contribution in [0.15, 0.2) is 18.3 Å². The minimum absolute atomic E-state index is 0.0507. The fourth-order valence-corrected chi connectivity index (χ4v) is 1.08. The fourth-order valence-electron chi connectivity index (χ4n) is 0.969. The zero-order valence-corrected chi connectivity index (χ0v) is 8.05. The van der Waals surface area contributed by atoms with Crippen LogP contribution in [-0.2, 0) is 0 Å². The third-order valence-electron chi connectivity index (χ3n) is 1.85. The maximum absolute atomic E-state index is 5.90. The minimum Gasteiger partial charge on any atom is -0.324 e. The molecule has 0 saturated carbocycles. The topological polar surface area (TPSA) is 38.9 Å². The highest BCUT2D eigenvalue weighted by atomic mass is 35.5. The molecule has 1 heterocycles.